The number of benzene rings is 2. The topological polar surface area (TPSA) is 61.9 Å². The number of nitrogens with zero attached hydrogens (tertiary/aromatic N) is 2. The van der Waals surface area contributed by atoms with Crippen molar-refractivity contribution < 1.29 is 4.79 Å². The van der Waals surface area contributed by atoms with Gasteiger partial charge in [-0.1, -0.05) is 29.3 Å². The average Bonchev–Trinajstić information content (AvgIpc) is 2.55. The van der Waals surface area contributed by atoms with Crippen molar-refractivity contribution in [3.8, 4) is 0 Å². The fourth-order valence-electron chi connectivity index (χ4n) is 1.75. The summed E-state index contributed by atoms with van der Waals surface area (Å²) in [5, 5.41) is 2.88. The van der Waals surface area contributed by atoms with Crippen LogP contribution in [-0.4, -0.2) is 6.03 Å². The zero-order valence-electron chi connectivity index (χ0n) is 12.1. The maximum Gasteiger partial charge on any atom is 0.337 e. The molecule has 0 aliphatic heterocycles. The molecular weight excluding hydrogens is 314 g/mol. The lowest BCUT2D eigenvalue weighted by atomic mass is 10.2. The van der Waals surface area contributed by atoms with Crippen LogP contribution in [0.4, 0.5) is 27.5 Å². The smallest absolute Gasteiger partial charge is 0.307 e. The predicted molar refractivity (Wildman–Crippen MR) is 90.9 cm³/mol. The molecule has 0 saturated carbocycles. The minimum Gasteiger partial charge on any atom is -0.307 e. The standard InChI is InChI=1S/C16H12ClN5O/c1-10-4-6-11(7-5-10)20-16(23)22-21-13-9-15(19-3)14(18-2)8-12(13)17/h4-9,21H,1H3,(H2,20,22,23). The Labute approximate surface area is 138 Å². The number of carbonyl (C=O) groups excluding carboxylic acids is 1. The van der Waals surface area contributed by atoms with E-state index in [1.165, 1.54) is 12.1 Å². The van der Waals surface area contributed by atoms with Crippen LogP contribution < -0.4 is 16.2 Å². The molecule has 0 radical (unpaired) electrons. The summed E-state index contributed by atoms with van der Waals surface area (Å²) < 4.78 is 0. The Bertz CT molecular complexity index is 818. The van der Waals surface area contributed by atoms with Crippen LogP contribution in [0.3, 0.4) is 0 Å². The predicted octanol–water partition coefficient (Wildman–Crippen LogP) is 4.90. The molecule has 0 bridgehead atoms. The van der Waals surface area contributed by atoms with Gasteiger partial charge in [0, 0.05) is 5.69 Å². The van der Waals surface area contributed by atoms with Crippen LogP contribution in [0.15, 0.2) is 36.4 Å². The van der Waals surface area contributed by atoms with Crippen molar-refractivity contribution in [2.75, 3.05) is 10.7 Å². The number of hydrazine groups is 1. The first kappa shape index (κ1) is 16.2. The number of rotatable bonds is 3. The van der Waals surface area contributed by atoms with E-state index in [2.05, 4.69) is 25.9 Å². The van der Waals surface area contributed by atoms with Gasteiger partial charge in [-0.15, -0.1) is 0 Å². The molecule has 2 aromatic rings. The molecule has 23 heavy (non-hydrogen) atoms. The molecule has 2 amide bonds. The third-order valence-electron chi connectivity index (χ3n) is 2.93. The number of hydrogen-bond donors (Lipinski definition) is 3. The number of aryl methyl sites for hydroxylation is 1. The summed E-state index contributed by atoms with van der Waals surface area (Å²) in [6.45, 7) is 16.0. The molecule has 6 nitrogen and oxygen atoms in total. The highest BCUT2D eigenvalue weighted by atomic mass is 35.5. The fourth-order valence-corrected chi connectivity index (χ4v) is 1.95. The average molecular weight is 326 g/mol. The summed E-state index contributed by atoms with van der Waals surface area (Å²) in [4.78, 5) is 18.3. The van der Waals surface area contributed by atoms with E-state index in [4.69, 9.17) is 24.7 Å². The van der Waals surface area contributed by atoms with Gasteiger partial charge in [-0.05, 0) is 31.2 Å². The van der Waals surface area contributed by atoms with Gasteiger partial charge in [0.2, 0.25) is 0 Å². The number of halogens is 1. The molecule has 0 saturated heterocycles. The van der Waals surface area contributed by atoms with Gasteiger partial charge in [0.15, 0.2) is 11.4 Å². The van der Waals surface area contributed by atoms with E-state index in [1.54, 1.807) is 12.1 Å². The van der Waals surface area contributed by atoms with E-state index in [0.29, 0.717) is 11.4 Å². The van der Waals surface area contributed by atoms with Gasteiger partial charge < -0.3 is 5.32 Å². The molecule has 0 spiro atoms. The molecule has 0 atom stereocenters. The van der Waals surface area contributed by atoms with E-state index in [9.17, 15) is 4.79 Å². The van der Waals surface area contributed by atoms with Gasteiger partial charge in [0.05, 0.1) is 23.9 Å². The molecule has 0 fully saturated rings. The normalized spacial score (nSPS) is 9.39. The second-order valence-electron chi connectivity index (χ2n) is 4.61. The first-order valence-electron chi connectivity index (χ1n) is 6.51. The molecule has 114 valence electrons. The summed E-state index contributed by atoms with van der Waals surface area (Å²) in [7, 11) is 0. The summed E-state index contributed by atoms with van der Waals surface area (Å²) in [6.07, 6.45) is 0. The first-order valence-corrected chi connectivity index (χ1v) is 6.89. The Morgan fingerprint density at radius 1 is 1.09 bits per heavy atom. The Morgan fingerprint density at radius 2 is 1.70 bits per heavy atom. The van der Waals surface area contributed by atoms with Crippen molar-refractivity contribution in [3.63, 3.8) is 0 Å². The van der Waals surface area contributed by atoms with Gasteiger partial charge in [-0.25, -0.2) is 4.79 Å². The molecule has 0 unspecified atom stereocenters. The lowest BCUT2D eigenvalue weighted by Gasteiger charge is -2.12. The molecular formula is C16H12ClN5O. The quantitative estimate of drug-likeness (QED) is 0.555. The minimum absolute atomic E-state index is 0.160. The summed E-state index contributed by atoms with van der Waals surface area (Å²) >= 11 is 6.02. The van der Waals surface area contributed by atoms with E-state index in [-0.39, 0.29) is 16.4 Å². The first-order chi connectivity index (χ1) is 11.0. The van der Waals surface area contributed by atoms with E-state index in [1.807, 2.05) is 19.1 Å². The third-order valence-corrected chi connectivity index (χ3v) is 3.24. The number of urea groups is 1. The largest absolute Gasteiger partial charge is 0.337 e. The molecule has 2 aromatic carbocycles. The summed E-state index contributed by atoms with van der Waals surface area (Å²) in [5.41, 5.74) is 7.46. The van der Waals surface area contributed by atoms with Crippen LogP contribution >= 0.6 is 11.6 Å². The van der Waals surface area contributed by atoms with Gasteiger partial charge in [-0.2, -0.15) is 0 Å². The molecule has 3 N–H and O–H groups in total. The third kappa shape index (κ3) is 4.13. The molecule has 0 aliphatic carbocycles. The zero-order chi connectivity index (χ0) is 16.8. The number of hydrogen-bond acceptors (Lipinski definition) is 2. The summed E-state index contributed by atoms with van der Waals surface area (Å²) in [6, 6.07) is 9.63. The van der Waals surface area contributed by atoms with Gasteiger partial charge in [0.1, 0.15) is 0 Å². The van der Waals surface area contributed by atoms with Crippen LogP contribution in [0.5, 0.6) is 0 Å². The SMILES string of the molecule is [C-]#[N+]c1cc(Cl)c(NNC(=O)Nc2ccc(C)cc2)cc1[N+]#[C-]. The van der Waals surface area contributed by atoms with Crippen molar-refractivity contribution in [2.45, 2.75) is 6.92 Å². The second-order valence-corrected chi connectivity index (χ2v) is 5.02. The zero-order valence-corrected chi connectivity index (χ0v) is 12.9. The molecule has 7 heteroatoms. The highest BCUT2D eigenvalue weighted by molar-refractivity contribution is 6.33. The number of amides is 2. The molecule has 0 heterocycles. The highest BCUT2D eigenvalue weighted by Gasteiger charge is 2.09. The van der Waals surface area contributed by atoms with Crippen molar-refractivity contribution in [1.29, 1.82) is 0 Å². The Morgan fingerprint density at radius 3 is 2.30 bits per heavy atom. The number of nitrogens with one attached hydrogen (secondary N) is 3. The van der Waals surface area contributed by atoms with Crippen molar-refractivity contribution in [3.05, 3.63) is 69.8 Å². The van der Waals surface area contributed by atoms with Crippen molar-refractivity contribution in [1.82, 2.24) is 5.43 Å². The van der Waals surface area contributed by atoms with Gasteiger partial charge >= 0.3 is 6.03 Å². The Hall–Kier alpha value is -3.22. The van der Waals surface area contributed by atoms with Crippen LogP contribution in [-0.2, 0) is 0 Å². The maximum absolute atomic E-state index is 11.8. The van der Waals surface area contributed by atoms with Crippen LogP contribution in [0, 0.1) is 20.1 Å². The highest BCUT2D eigenvalue weighted by Crippen LogP contribution is 2.36. The number of carbonyl (C=O) groups is 1. The Balaban J connectivity index is 2.03. The molecule has 2 rings (SSSR count). The Kier molecular flexibility index (Phi) is 5.03. The summed E-state index contributed by atoms with van der Waals surface area (Å²) in [5.74, 6) is 0. The minimum atomic E-state index is -0.483. The van der Waals surface area contributed by atoms with Gasteiger partial charge in [-0.3, -0.25) is 20.5 Å². The lowest BCUT2D eigenvalue weighted by Crippen LogP contribution is -2.33. The van der Waals surface area contributed by atoms with Gasteiger partial charge in [0.25, 0.3) is 0 Å². The fraction of sp³-hybridized carbons (Fsp3) is 0.0625. The molecule has 0 aromatic heterocycles. The van der Waals surface area contributed by atoms with Crippen LogP contribution in [0.1, 0.15) is 5.56 Å². The second kappa shape index (κ2) is 7.17. The monoisotopic (exact) mass is 325 g/mol. The van der Waals surface area contributed by atoms with Crippen LogP contribution in [0.2, 0.25) is 5.02 Å². The number of anilines is 2. The maximum atomic E-state index is 11.8. The van der Waals surface area contributed by atoms with Crippen LogP contribution in [0.25, 0.3) is 9.69 Å². The molecule has 0 aliphatic rings. The van der Waals surface area contributed by atoms with Crippen molar-refractivity contribution >= 4 is 40.4 Å². The lowest BCUT2D eigenvalue weighted by molar-refractivity contribution is 0.254. The van der Waals surface area contributed by atoms with E-state index >= 15 is 0 Å². The van der Waals surface area contributed by atoms with E-state index < -0.39 is 6.03 Å². The van der Waals surface area contributed by atoms with Crippen molar-refractivity contribution in [2.24, 2.45) is 0 Å². The van der Waals surface area contributed by atoms with E-state index in [0.717, 1.165) is 5.56 Å².